The quantitative estimate of drug-likeness (QED) is 0.429. The van der Waals surface area contributed by atoms with Crippen LogP contribution in [-0.4, -0.2) is 24.6 Å². The highest BCUT2D eigenvalue weighted by Crippen LogP contribution is 2.39. The monoisotopic (exact) mass is 448 g/mol. The van der Waals surface area contributed by atoms with Crippen molar-refractivity contribution < 1.29 is 5.11 Å². The Morgan fingerprint density at radius 3 is 2.77 bits per heavy atom. The van der Waals surface area contributed by atoms with E-state index in [4.69, 9.17) is 11.6 Å². The minimum atomic E-state index is -1.50. The number of benzene rings is 2. The van der Waals surface area contributed by atoms with Gasteiger partial charge in [-0.15, -0.1) is 11.3 Å². The van der Waals surface area contributed by atoms with Crippen molar-refractivity contribution in [2.45, 2.75) is 5.60 Å². The number of H-pyrrole nitrogens is 1. The lowest BCUT2D eigenvalue weighted by molar-refractivity contribution is 0.117. The Morgan fingerprint density at radius 1 is 1.19 bits per heavy atom. The van der Waals surface area contributed by atoms with E-state index < -0.39 is 5.60 Å². The second-order valence-corrected chi connectivity index (χ2v) is 8.59. The zero-order valence-electron chi connectivity index (χ0n) is 16.4. The van der Waals surface area contributed by atoms with Crippen LogP contribution >= 0.6 is 22.9 Å². The van der Waals surface area contributed by atoms with Gasteiger partial charge in [-0.25, -0.2) is 9.97 Å². The zero-order valence-corrected chi connectivity index (χ0v) is 18.0. The van der Waals surface area contributed by atoms with Gasteiger partial charge < -0.3 is 14.7 Å². The number of halogens is 1. The number of aryl methyl sites for hydroxylation is 1. The molecule has 0 spiro atoms. The van der Waals surface area contributed by atoms with Gasteiger partial charge in [-0.1, -0.05) is 29.8 Å². The molecule has 3 heterocycles. The predicted octanol–water partition coefficient (Wildman–Crippen LogP) is 4.32. The summed E-state index contributed by atoms with van der Waals surface area (Å²) in [5, 5.41) is 15.7. The van der Waals surface area contributed by atoms with Gasteiger partial charge in [0.1, 0.15) is 5.01 Å². The van der Waals surface area contributed by atoms with Crippen LogP contribution < -0.4 is 5.56 Å². The van der Waals surface area contributed by atoms with Crippen LogP contribution in [0.15, 0.2) is 77.4 Å². The highest BCUT2D eigenvalue weighted by atomic mass is 35.5. The molecule has 0 amide bonds. The first-order valence-corrected chi connectivity index (χ1v) is 10.8. The number of imidazole rings is 1. The highest BCUT2D eigenvalue weighted by Gasteiger charge is 2.39. The second-order valence-electron chi connectivity index (χ2n) is 7.26. The van der Waals surface area contributed by atoms with Gasteiger partial charge >= 0.3 is 0 Å². The largest absolute Gasteiger partial charge is 0.372 e. The Morgan fingerprint density at radius 2 is 2.06 bits per heavy atom. The smallest absolute Gasteiger partial charge is 0.249 e. The maximum Gasteiger partial charge on any atom is 0.249 e. The van der Waals surface area contributed by atoms with E-state index in [0.29, 0.717) is 26.8 Å². The maximum absolute atomic E-state index is 12.3. The Balaban J connectivity index is 1.81. The van der Waals surface area contributed by atoms with Crippen LogP contribution in [0.25, 0.3) is 22.0 Å². The molecule has 6 nitrogen and oxygen atoms in total. The van der Waals surface area contributed by atoms with Crippen LogP contribution in [0.1, 0.15) is 16.3 Å². The number of hydrogen-bond acceptors (Lipinski definition) is 5. The molecule has 1 unspecified atom stereocenters. The summed E-state index contributed by atoms with van der Waals surface area (Å²) in [4.78, 5) is 23.8. The molecule has 0 saturated carbocycles. The van der Waals surface area contributed by atoms with E-state index in [1.165, 1.54) is 11.3 Å². The molecule has 0 saturated heterocycles. The van der Waals surface area contributed by atoms with Gasteiger partial charge in [-0.2, -0.15) is 0 Å². The minimum Gasteiger partial charge on any atom is -0.372 e. The summed E-state index contributed by atoms with van der Waals surface area (Å²) < 4.78 is 1.77. The number of aromatic amines is 1. The third-order valence-corrected chi connectivity index (χ3v) is 6.44. The molecule has 5 aromatic rings. The molecule has 154 valence electrons. The van der Waals surface area contributed by atoms with Gasteiger partial charge in [0, 0.05) is 40.6 Å². The second kappa shape index (κ2) is 7.46. The number of pyridine rings is 1. The van der Waals surface area contributed by atoms with Crippen molar-refractivity contribution in [3.63, 3.8) is 0 Å². The summed E-state index contributed by atoms with van der Waals surface area (Å²) in [5.41, 5.74) is 1.71. The van der Waals surface area contributed by atoms with Crippen molar-refractivity contribution in [2.24, 2.45) is 7.05 Å². The molecule has 0 bridgehead atoms. The zero-order chi connectivity index (χ0) is 21.6. The lowest BCUT2D eigenvalue weighted by Crippen LogP contribution is -2.31. The first-order valence-electron chi connectivity index (χ1n) is 9.49. The number of thiazole rings is 1. The lowest BCUT2D eigenvalue weighted by atomic mass is 9.88. The highest BCUT2D eigenvalue weighted by molar-refractivity contribution is 7.09. The van der Waals surface area contributed by atoms with Crippen molar-refractivity contribution in [3.8, 4) is 11.1 Å². The van der Waals surface area contributed by atoms with E-state index in [1.807, 2.05) is 36.7 Å². The number of aromatic nitrogens is 4. The Kier molecular flexibility index (Phi) is 4.74. The summed E-state index contributed by atoms with van der Waals surface area (Å²) in [6.45, 7) is 0. The summed E-state index contributed by atoms with van der Waals surface area (Å²) >= 11 is 7.56. The molecule has 0 aliphatic rings. The number of aliphatic hydroxyl groups is 1. The third-order valence-electron chi connectivity index (χ3n) is 5.33. The number of rotatable bonds is 4. The van der Waals surface area contributed by atoms with Crippen LogP contribution in [0.4, 0.5) is 0 Å². The van der Waals surface area contributed by atoms with Gasteiger partial charge in [-0.3, -0.25) is 4.79 Å². The van der Waals surface area contributed by atoms with Crippen LogP contribution in [0.2, 0.25) is 5.02 Å². The van der Waals surface area contributed by atoms with E-state index in [9.17, 15) is 9.90 Å². The molecule has 5 rings (SSSR count). The standard InChI is InChI=1S/C23H17ClN4O2S/c1-28-13-25-12-20(28)23(30,22-26-7-8-31-22)15-5-6-19-18(10-15)17(11-21(29)27-19)14-3-2-4-16(24)9-14/h2-13,30H,1H3,(H,27,29). The Hall–Kier alpha value is -3.26. The normalized spacial score (nSPS) is 13.4. The molecule has 3 aromatic heterocycles. The first-order chi connectivity index (χ1) is 15.0. The third kappa shape index (κ3) is 3.27. The van der Waals surface area contributed by atoms with Gasteiger partial charge in [0.2, 0.25) is 5.56 Å². The fourth-order valence-electron chi connectivity index (χ4n) is 3.86. The molecule has 8 heteroatoms. The van der Waals surface area contributed by atoms with Crippen molar-refractivity contribution >= 4 is 33.8 Å². The van der Waals surface area contributed by atoms with Crippen molar-refractivity contribution in [1.82, 2.24) is 19.5 Å². The summed E-state index contributed by atoms with van der Waals surface area (Å²) in [5.74, 6) is 0. The fraction of sp³-hybridized carbons (Fsp3) is 0.0870. The predicted molar refractivity (Wildman–Crippen MR) is 122 cm³/mol. The topological polar surface area (TPSA) is 83.8 Å². The Bertz CT molecular complexity index is 1460. The van der Waals surface area contributed by atoms with Crippen LogP contribution in [0, 0.1) is 0 Å². The molecule has 31 heavy (non-hydrogen) atoms. The average Bonchev–Trinajstić information content (AvgIpc) is 3.45. The molecular weight excluding hydrogens is 432 g/mol. The van der Waals surface area contributed by atoms with Crippen LogP contribution in [-0.2, 0) is 12.6 Å². The van der Waals surface area contributed by atoms with Gasteiger partial charge in [-0.05, 0) is 41.0 Å². The van der Waals surface area contributed by atoms with E-state index >= 15 is 0 Å². The van der Waals surface area contributed by atoms with Crippen LogP contribution in [0.5, 0.6) is 0 Å². The molecule has 2 aromatic carbocycles. The number of nitrogens with one attached hydrogen (secondary N) is 1. The van der Waals surface area contributed by atoms with E-state index in [0.717, 1.165) is 16.5 Å². The first kappa shape index (κ1) is 19.7. The SMILES string of the molecule is Cn1cncc1C(O)(c1ccc2[nH]c(=O)cc(-c3cccc(Cl)c3)c2c1)c1nccs1. The molecule has 1 atom stereocenters. The van der Waals surface area contributed by atoms with Gasteiger partial charge in [0.05, 0.1) is 18.2 Å². The lowest BCUT2D eigenvalue weighted by Gasteiger charge is -2.27. The molecule has 0 aliphatic heterocycles. The van der Waals surface area contributed by atoms with Crippen molar-refractivity contribution in [2.75, 3.05) is 0 Å². The molecule has 0 radical (unpaired) electrons. The molecular formula is C23H17ClN4O2S. The van der Waals surface area contributed by atoms with Crippen molar-refractivity contribution in [1.29, 1.82) is 0 Å². The van der Waals surface area contributed by atoms with Crippen molar-refractivity contribution in [3.05, 3.63) is 104 Å². The van der Waals surface area contributed by atoms with E-state index in [-0.39, 0.29) is 5.56 Å². The van der Waals surface area contributed by atoms with Crippen LogP contribution in [0.3, 0.4) is 0 Å². The van der Waals surface area contributed by atoms with Gasteiger partial charge in [0.25, 0.3) is 0 Å². The molecule has 0 fully saturated rings. The maximum atomic E-state index is 12.3. The minimum absolute atomic E-state index is 0.211. The number of fused-ring (bicyclic) bond motifs is 1. The van der Waals surface area contributed by atoms with Gasteiger partial charge in [0.15, 0.2) is 5.60 Å². The van der Waals surface area contributed by atoms with E-state index in [2.05, 4.69) is 15.0 Å². The summed E-state index contributed by atoms with van der Waals surface area (Å²) in [6, 6.07) is 14.4. The number of hydrogen-bond donors (Lipinski definition) is 2. The summed E-state index contributed by atoms with van der Waals surface area (Å²) in [6.07, 6.45) is 4.94. The van der Waals surface area contributed by atoms with E-state index in [1.54, 1.807) is 47.6 Å². The summed E-state index contributed by atoms with van der Waals surface area (Å²) in [7, 11) is 1.83. The number of nitrogens with zero attached hydrogens (tertiary/aromatic N) is 3. The molecule has 2 N–H and O–H groups in total. The Labute approximate surface area is 186 Å². The average molecular weight is 449 g/mol. The fourth-order valence-corrected chi connectivity index (χ4v) is 4.82. The molecule has 0 aliphatic carbocycles.